The molecule has 0 fully saturated rings. The summed E-state index contributed by atoms with van der Waals surface area (Å²) in [7, 11) is 1.80. The summed E-state index contributed by atoms with van der Waals surface area (Å²) in [6.45, 7) is 9.17. The number of ether oxygens (including phenoxy) is 2. The van der Waals surface area contributed by atoms with E-state index in [1.165, 1.54) is 24.3 Å². The zero-order valence-corrected chi connectivity index (χ0v) is 18.1. The van der Waals surface area contributed by atoms with Crippen LogP contribution in [0.2, 0.25) is 0 Å². The molecule has 0 spiro atoms. The molecule has 0 saturated heterocycles. The van der Waals surface area contributed by atoms with Gasteiger partial charge in [-0.25, -0.2) is 14.8 Å². The zero-order valence-electron chi connectivity index (χ0n) is 18.1. The number of fused-ring (bicyclic) bond motifs is 1. The van der Waals surface area contributed by atoms with Gasteiger partial charge in [0.1, 0.15) is 16.9 Å². The van der Waals surface area contributed by atoms with E-state index in [4.69, 9.17) is 4.74 Å². The molecule has 0 bridgehead atoms. The van der Waals surface area contributed by atoms with Crippen molar-refractivity contribution in [2.45, 2.75) is 39.3 Å². The Morgan fingerprint density at radius 1 is 1.22 bits per heavy atom. The minimum atomic E-state index is -4.78. The van der Waals surface area contributed by atoms with Crippen molar-refractivity contribution in [2.24, 2.45) is 7.05 Å². The Kier molecular flexibility index (Phi) is 6.16. The molecule has 0 saturated carbocycles. The molecule has 170 valence electrons. The Balaban J connectivity index is 2.02. The molecule has 2 heterocycles. The van der Waals surface area contributed by atoms with Gasteiger partial charge in [-0.05, 0) is 45.0 Å². The zero-order chi connectivity index (χ0) is 23.7. The van der Waals surface area contributed by atoms with Crippen LogP contribution < -0.4 is 10.1 Å². The fourth-order valence-electron chi connectivity index (χ4n) is 3.14. The molecular weight excluding hydrogens is 425 g/mol. The highest BCUT2D eigenvalue weighted by Crippen LogP contribution is 2.32. The smallest absolute Gasteiger partial charge is 0.444 e. The maximum atomic E-state index is 12.5. The van der Waals surface area contributed by atoms with Gasteiger partial charge in [0.05, 0.1) is 29.8 Å². The van der Waals surface area contributed by atoms with Gasteiger partial charge >= 0.3 is 12.5 Å². The minimum absolute atomic E-state index is 0.0552. The van der Waals surface area contributed by atoms with Crippen molar-refractivity contribution in [2.75, 3.05) is 0 Å². The van der Waals surface area contributed by atoms with Crippen LogP contribution >= 0.6 is 0 Å². The summed E-state index contributed by atoms with van der Waals surface area (Å²) in [4.78, 5) is 21.2. The average Bonchev–Trinajstić information content (AvgIpc) is 3.05. The number of benzene rings is 1. The van der Waals surface area contributed by atoms with Gasteiger partial charge in [0.2, 0.25) is 0 Å². The number of halogens is 3. The summed E-state index contributed by atoms with van der Waals surface area (Å²) < 4.78 is 48.4. The highest BCUT2D eigenvalue weighted by Gasteiger charge is 2.31. The summed E-state index contributed by atoms with van der Waals surface area (Å²) >= 11 is 0. The third-order valence-electron chi connectivity index (χ3n) is 4.34. The molecule has 1 aromatic carbocycles. The minimum Gasteiger partial charge on any atom is -0.444 e. The van der Waals surface area contributed by atoms with Crippen molar-refractivity contribution in [1.29, 1.82) is 0 Å². The number of carbonyl (C=O) groups excluding carboxylic acids is 1. The predicted molar refractivity (Wildman–Crippen MR) is 114 cm³/mol. The van der Waals surface area contributed by atoms with Crippen molar-refractivity contribution >= 4 is 23.2 Å². The number of pyridine rings is 1. The molecule has 3 rings (SSSR count). The van der Waals surface area contributed by atoms with Gasteiger partial charge in [-0.1, -0.05) is 12.7 Å². The number of aromatic nitrogens is 3. The second-order valence-electron chi connectivity index (χ2n) is 8.01. The number of hydrogen-bond acceptors (Lipinski definition) is 5. The van der Waals surface area contributed by atoms with Crippen LogP contribution in [-0.2, 0) is 18.3 Å². The average molecular weight is 448 g/mol. The van der Waals surface area contributed by atoms with E-state index in [2.05, 4.69) is 26.6 Å². The molecule has 1 amide bonds. The van der Waals surface area contributed by atoms with Crippen LogP contribution in [-0.4, -0.2) is 32.6 Å². The van der Waals surface area contributed by atoms with E-state index in [0.717, 1.165) is 5.52 Å². The Hall–Kier alpha value is -3.56. The van der Waals surface area contributed by atoms with Gasteiger partial charge in [0.25, 0.3) is 0 Å². The Bertz CT molecular complexity index is 1150. The van der Waals surface area contributed by atoms with Crippen LogP contribution in [0, 0.1) is 0 Å². The molecule has 3 aromatic rings. The number of aryl methyl sites for hydroxylation is 1. The van der Waals surface area contributed by atoms with Crippen molar-refractivity contribution in [3.63, 3.8) is 0 Å². The quantitative estimate of drug-likeness (QED) is 0.580. The summed E-state index contributed by atoms with van der Waals surface area (Å²) in [6.07, 6.45) is -2.16. The fraction of sp³-hybridized carbons (Fsp3) is 0.318. The van der Waals surface area contributed by atoms with Gasteiger partial charge in [0.15, 0.2) is 0 Å². The highest BCUT2D eigenvalue weighted by atomic mass is 19.4. The summed E-state index contributed by atoms with van der Waals surface area (Å²) in [5.41, 5.74) is 2.79. The van der Waals surface area contributed by atoms with E-state index in [1.807, 2.05) is 0 Å². The van der Waals surface area contributed by atoms with Crippen molar-refractivity contribution in [1.82, 2.24) is 19.9 Å². The number of rotatable bonds is 5. The molecule has 0 unspecified atom stereocenters. The molecule has 10 heteroatoms. The van der Waals surface area contributed by atoms with E-state index in [-0.39, 0.29) is 12.3 Å². The normalized spacial score (nSPS) is 12.0. The van der Waals surface area contributed by atoms with Crippen LogP contribution in [0.15, 0.2) is 37.2 Å². The van der Waals surface area contributed by atoms with Crippen molar-refractivity contribution < 1.29 is 27.4 Å². The lowest BCUT2D eigenvalue weighted by atomic mass is 10.0. The number of alkyl carbamates (subject to hydrolysis) is 1. The van der Waals surface area contributed by atoms with Crippen LogP contribution in [0.25, 0.3) is 28.4 Å². The molecule has 0 aliphatic rings. The van der Waals surface area contributed by atoms with E-state index >= 15 is 0 Å². The number of nitrogens with zero attached hydrogens (tertiary/aromatic N) is 3. The second kappa shape index (κ2) is 8.52. The summed E-state index contributed by atoms with van der Waals surface area (Å²) in [5, 5.41) is 2.67. The summed E-state index contributed by atoms with van der Waals surface area (Å²) in [6, 6.07) is 5.35. The first-order valence-electron chi connectivity index (χ1n) is 9.67. The lowest BCUT2D eigenvalue weighted by Crippen LogP contribution is -2.32. The number of imidazole rings is 1. The van der Waals surface area contributed by atoms with E-state index in [9.17, 15) is 18.0 Å². The number of amides is 1. The molecule has 0 aliphatic heterocycles. The SMILES string of the molecule is C=Cc1c(CNC(=O)OC(C)(C)C)nc(-c2ccc(OC(F)(F)F)cc2)c2ncn(C)c12. The Labute approximate surface area is 182 Å². The first-order valence-corrected chi connectivity index (χ1v) is 9.67. The molecule has 1 N–H and O–H groups in total. The molecular formula is C22H23F3N4O3. The fourth-order valence-corrected chi connectivity index (χ4v) is 3.14. The van der Waals surface area contributed by atoms with Gasteiger partial charge in [-0.2, -0.15) is 0 Å². The molecule has 32 heavy (non-hydrogen) atoms. The van der Waals surface area contributed by atoms with Crippen LogP contribution in [0.1, 0.15) is 32.0 Å². The number of nitrogens with one attached hydrogen (secondary N) is 1. The van der Waals surface area contributed by atoms with Crippen LogP contribution in [0.4, 0.5) is 18.0 Å². The van der Waals surface area contributed by atoms with E-state index < -0.39 is 18.1 Å². The van der Waals surface area contributed by atoms with Crippen LogP contribution in [0.3, 0.4) is 0 Å². The molecule has 0 atom stereocenters. The molecule has 0 aliphatic carbocycles. The van der Waals surface area contributed by atoms with Gasteiger partial charge in [-0.15, -0.1) is 13.2 Å². The standard InChI is InChI=1S/C22H23F3N4O3/c1-6-15-16(11-26-20(30)32-21(2,3)4)28-17(18-19(15)29(5)12-27-18)13-7-9-14(10-8-13)31-22(23,24)25/h6-10,12H,1,11H2,2-5H3,(H,26,30). The number of hydrogen-bond donors (Lipinski definition) is 1. The number of carbonyl (C=O) groups is 1. The molecule has 0 radical (unpaired) electrons. The summed E-state index contributed by atoms with van der Waals surface area (Å²) in [5.74, 6) is -0.340. The number of alkyl halides is 3. The first-order chi connectivity index (χ1) is 14.9. The lowest BCUT2D eigenvalue weighted by molar-refractivity contribution is -0.274. The molecule has 2 aromatic heterocycles. The topological polar surface area (TPSA) is 78.3 Å². The second-order valence-corrected chi connectivity index (χ2v) is 8.01. The monoisotopic (exact) mass is 448 g/mol. The maximum absolute atomic E-state index is 12.5. The third kappa shape index (κ3) is 5.37. The van der Waals surface area contributed by atoms with Crippen molar-refractivity contribution in [3.05, 3.63) is 48.4 Å². The van der Waals surface area contributed by atoms with Gasteiger partial charge in [-0.3, -0.25) is 0 Å². The third-order valence-corrected chi connectivity index (χ3v) is 4.34. The Morgan fingerprint density at radius 2 is 1.88 bits per heavy atom. The highest BCUT2D eigenvalue weighted by molar-refractivity contribution is 5.95. The lowest BCUT2D eigenvalue weighted by Gasteiger charge is -2.20. The van der Waals surface area contributed by atoms with E-state index in [0.29, 0.717) is 28.0 Å². The van der Waals surface area contributed by atoms with Gasteiger partial charge in [0, 0.05) is 18.2 Å². The first kappa shape index (κ1) is 23.1. The molecule has 7 nitrogen and oxygen atoms in total. The maximum Gasteiger partial charge on any atom is 0.573 e. The van der Waals surface area contributed by atoms with E-state index in [1.54, 1.807) is 44.8 Å². The largest absolute Gasteiger partial charge is 0.573 e. The van der Waals surface area contributed by atoms with Gasteiger partial charge < -0.3 is 19.4 Å². The predicted octanol–water partition coefficient (Wildman–Crippen LogP) is 5.20. The van der Waals surface area contributed by atoms with Crippen molar-refractivity contribution in [3.8, 4) is 17.0 Å². The Morgan fingerprint density at radius 3 is 2.44 bits per heavy atom. The van der Waals surface area contributed by atoms with Crippen LogP contribution in [0.5, 0.6) is 5.75 Å².